The zero-order valence-corrected chi connectivity index (χ0v) is 12.8. The number of rotatable bonds is 1. The van der Waals surface area contributed by atoms with E-state index in [1.54, 1.807) is 0 Å². The molecule has 100 valence electrons. The summed E-state index contributed by atoms with van der Waals surface area (Å²) in [6.07, 6.45) is 2.82. The number of aromatic amines is 1. The molecule has 2 aromatic rings. The molecule has 1 aromatic carbocycles. The number of hydrogen-bond acceptors (Lipinski definition) is 1. The highest BCUT2D eigenvalue weighted by Gasteiger charge is 2.29. The molecule has 0 spiro atoms. The van der Waals surface area contributed by atoms with Gasteiger partial charge in [0, 0.05) is 16.2 Å². The first kappa shape index (κ1) is 13.7. The number of fused-ring (bicyclic) bond motifs is 3. The molecule has 1 atom stereocenters. The number of H-pyrrole nitrogens is 1. The van der Waals surface area contributed by atoms with Gasteiger partial charge in [0.05, 0.1) is 5.92 Å². The maximum Gasteiger partial charge on any atom is 0.226 e. The van der Waals surface area contributed by atoms with E-state index in [0.29, 0.717) is 0 Å². The molecule has 3 nitrogen and oxygen atoms in total. The average molecular weight is 284 g/mol. The third-order valence-electron chi connectivity index (χ3n) is 4.72. The molecule has 1 aliphatic rings. The summed E-state index contributed by atoms with van der Waals surface area (Å²) in [5.41, 5.74) is 12.3. The summed E-state index contributed by atoms with van der Waals surface area (Å²) < 4.78 is 0. The number of carbonyl (C=O) groups is 1. The Hall–Kier alpha value is -1.29. The Balaban J connectivity index is 2.40. The lowest BCUT2D eigenvalue weighted by atomic mass is 9.74. The summed E-state index contributed by atoms with van der Waals surface area (Å²) in [6.45, 7) is 0. The Morgan fingerprint density at radius 1 is 1.25 bits per heavy atom. The molecule has 0 saturated heterocycles. The molecule has 1 aromatic heterocycles. The van der Waals surface area contributed by atoms with Gasteiger partial charge in [0.25, 0.3) is 0 Å². The van der Waals surface area contributed by atoms with E-state index in [9.17, 15) is 4.79 Å². The van der Waals surface area contributed by atoms with Crippen molar-refractivity contribution in [2.45, 2.75) is 25.2 Å². The molecule has 1 unspecified atom stereocenters. The normalized spacial score (nSPS) is 18.1. The van der Waals surface area contributed by atoms with Crippen molar-refractivity contribution >= 4 is 68.3 Å². The Labute approximate surface area is 125 Å². The summed E-state index contributed by atoms with van der Waals surface area (Å²) in [6, 6.07) is 0. The second-order valence-corrected chi connectivity index (χ2v) is 6.18. The highest BCUT2D eigenvalue weighted by Crippen LogP contribution is 2.35. The smallest absolute Gasteiger partial charge is 0.226 e. The highest BCUT2D eigenvalue weighted by molar-refractivity contribution is 6.63. The van der Waals surface area contributed by atoms with Crippen molar-refractivity contribution in [3.63, 3.8) is 0 Å². The third-order valence-corrected chi connectivity index (χ3v) is 5.29. The topological polar surface area (TPSA) is 58.9 Å². The van der Waals surface area contributed by atoms with Gasteiger partial charge < -0.3 is 10.7 Å². The Morgan fingerprint density at radius 2 is 1.95 bits per heavy atom. The van der Waals surface area contributed by atoms with Gasteiger partial charge in [0.1, 0.15) is 23.5 Å². The van der Waals surface area contributed by atoms with Crippen LogP contribution in [0.1, 0.15) is 30.0 Å². The van der Waals surface area contributed by atoms with Gasteiger partial charge in [0.15, 0.2) is 0 Å². The number of halogens is 1. The molecular weight excluding hydrogens is 268 g/mol. The largest absolute Gasteiger partial charge is 0.369 e. The van der Waals surface area contributed by atoms with Crippen LogP contribution in [0, 0.1) is 0 Å². The molecule has 7 heteroatoms. The first-order valence-corrected chi connectivity index (χ1v) is 7.40. The predicted molar refractivity (Wildman–Crippen MR) is 92.7 cm³/mol. The second kappa shape index (κ2) is 4.62. The summed E-state index contributed by atoms with van der Waals surface area (Å²) in [4.78, 5) is 15.1. The van der Waals surface area contributed by atoms with E-state index in [4.69, 9.17) is 17.3 Å². The quantitative estimate of drug-likeness (QED) is 0.559. The summed E-state index contributed by atoms with van der Waals surface area (Å²) in [7, 11) is 6.17. The number of amides is 1. The van der Waals surface area contributed by atoms with Gasteiger partial charge in [0.2, 0.25) is 5.91 Å². The molecule has 0 bridgehead atoms. The molecule has 3 rings (SSSR count). The number of aromatic nitrogens is 1. The average Bonchev–Trinajstić information content (AvgIpc) is 2.81. The zero-order valence-electron chi connectivity index (χ0n) is 12.1. The summed E-state index contributed by atoms with van der Waals surface area (Å²) in [5, 5.41) is 2.03. The first-order chi connectivity index (χ1) is 9.43. The molecule has 1 amide bonds. The predicted octanol–water partition coefficient (Wildman–Crippen LogP) is -2.50. The van der Waals surface area contributed by atoms with Gasteiger partial charge in [-0.3, -0.25) is 4.79 Å². The highest BCUT2D eigenvalue weighted by atomic mass is 35.5. The van der Waals surface area contributed by atoms with E-state index in [1.807, 2.05) is 7.85 Å². The van der Waals surface area contributed by atoms with Crippen molar-refractivity contribution in [3.05, 3.63) is 16.3 Å². The Kier molecular flexibility index (Phi) is 3.16. The van der Waals surface area contributed by atoms with E-state index in [1.165, 1.54) is 10.9 Å². The molecular formula is C13H16B3ClN2O. The summed E-state index contributed by atoms with van der Waals surface area (Å²) >= 11 is 6.45. The maximum atomic E-state index is 11.7. The Bertz CT molecular complexity index is 741. The SMILES string of the molecule is Bc1c(Cl)c(B)c2c3c([nH]c2c1B)C(C(N)=O)CCC3. The van der Waals surface area contributed by atoms with Gasteiger partial charge in [-0.05, 0) is 30.2 Å². The van der Waals surface area contributed by atoms with E-state index in [0.717, 1.165) is 51.9 Å². The number of hydrogen-bond donors (Lipinski definition) is 2. The molecule has 0 aliphatic heterocycles. The van der Waals surface area contributed by atoms with Crippen LogP contribution in [0.15, 0.2) is 0 Å². The van der Waals surface area contributed by atoms with E-state index >= 15 is 0 Å². The van der Waals surface area contributed by atoms with Crippen LogP contribution < -0.4 is 22.1 Å². The van der Waals surface area contributed by atoms with Gasteiger partial charge >= 0.3 is 0 Å². The van der Waals surface area contributed by atoms with Crippen LogP contribution in [0.5, 0.6) is 0 Å². The van der Waals surface area contributed by atoms with Crippen LogP contribution in [0.3, 0.4) is 0 Å². The van der Waals surface area contributed by atoms with Crippen molar-refractivity contribution in [1.82, 2.24) is 4.98 Å². The molecule has 0 saturated carbocycles. The molecule has 0 radical (unpaired) electrons. The maximum absolute atomic E-state index is 11.7. The van der Waals surface area contributed by atoms with Crippen LogP contribution >= 0.6 is 11.6 Å². The van der Waals surface area contributed by atoms with Crippen molar-refractivity contribution in [1.29, 1.82) is 0 Å². The van der Waals surface area contributed by atoms with Crippen molar-refractivity contribution in [2.75, 3.05) is 0 Å². The molecule has 1 aliphatic carbocycles. The molecule has 20 heavy (non-hydrogen) atoms. The van der Waals surface area contributed by atoms with Crippen molar-refractivity contribution in [3.8, 4) is 0 Å². The first-order valence-electron chi connectivity index (χ1n) is 7.02. The second-order valence-electron chi connectivity index (χ2n) is 5.80. The molecule has 3 N–H and O–H groups in total. The van der Waals surface area contributed by atoms with E-state index in [-0.39, 0.29) is 11.8 Å². The molecule has 0 fully saturated rings. The number of aryl methyl sites for hydroxylation is 1. The number of primary amides is 1. The van der Waals surface area contributed by atoms with Gasteiger partial charge in [-0.25, -0.2) is 0 Å². The lowest BCUT2D eigenvalue weighted by Gasteiger charge is -2.20. The van der Waals surface area contributed by atoms with Gasteiger partial charge in [-0.15, -0.1) is 0 Å². The fraction of sp³-hybridized carbons (Fsp3) is 0.308. The van der Waals surface area contributed by atoms with E-state index < -0.39 is 0 Å². The minimum atomic E-state index is -0.240. The van der Waals surface area contributed by atoms with Crippen molar-refractivity contribution < 1.29 is 4.79 Å². The number of nitrogens with one attached hydrogen (secondary N) is 1. The standard InChI is InChI=1S/C13H16B3ClN2O/c14-7-6-4-2-1-3-5(13(18)20)11(4)19-12(6)9(16)8(15)10(7)17/h5,19H,1-3,14-16H2,(H2,18,20). The lowest BCUT2D eigenvalue weighted by molar-refractivity contribution is -0.119. The van der Waals surface area contributed by atoms with Gasteiger partial charge in [-0.2, -0.15) is 0 Å². The number of benzene rings is 1. The van der Waals surface area contributed by atoms with Crippen LogP contribution in [0.4, 0.5) is 0 Å². The van der Waals surface area contributed by atoms with Crippen LogP contribution in [-0.4, -0.2) is 34.4 Å². The monoisotopic (exact) mass is 284 g/mol. The lowest BCUT2D eigenvalue weighted by Crippen LogP contribution is -2.33. The third kappa shape index (κ3) is 1.74. The van der Waals surface area contributed by atoms with E-state index in [2.05, 4.69) is 20.7 Å². The number of nitrogens with two attached hydrogens (primary N) is 1. The number of carbonyl (C=O) groups excluding carboxylic acids is 1. The Morgan fingerprint density at radius 3 is 2.60 bits per heavy atom. The van der Waals surface area contributed by atoms with Crippen LogP contribution in [0.2, 0.25) is 5.02 Å². The zero-order chi connectivity index (χ0) is 14.6. The van der Waals surface area contributed by atoms with Crippen LogP contribution in [0.25, 0.3) is 10.9 Å². The fourth-order valence-corrected chi connectivity index (χ4v) is 3.70. The summed E-state index contributed by atoms with van der Waals surface area (Å²) in [5.74, 6) is -0.431. The minimum absolute atomic E-state index is 0.191. The van der Waals surface area contributed by atoms with Gasteiger partial charge in [-0.1, -0.05) is 28.0 Å². The fourth-order valence-electron chi connectivity index (χ4n) is 3.47. The van der Waals surface area contributed by atoms with Crippen LogP contribution in [-0.2, 0) is 11.2 Å². The van der Waals surface area contributed by atoms with Crippen molar-refractivity contribution in [2.24, 2.45) is 5.73 Å². The molecule has 1 heterocycles. The minimum Gasteiger partial charge on any atom is -0.369 e.